The van der Waals surface area contributed by atoms with Gasteiger partial charge in [0.25, 0.3) is 5.91 Å². The van der Waals surface area contributed by atoms with Crippen molar-refractivity contribution in [2.24, 2.45) is 0 Å². The second kappa shape index (κ2) is 9.33. The number of rotatable bonds is 5. The number of benzene rings is 2. The number of likely N-dealkylation sites (N-methyl/N-ethyl adjacent to an activating group) is 1. The number of hydrogen-bond donors (Lipinski definition) is 0. The van der Waals surface area contributed by atoms with Crippen molar-refractivity contribution in [1.82, 2.24) is 14.7 Å². The van der Waals surface area contributed by atoms with Crippen molar-refractivity contribution in [3.8, 4) is 0 Å². The fourth-order valence-corrected chi connectivity index (χ4v) is 4.68. The molecule has 3 amide bonds. The maximum atomic E-state index is 13.5. The average Bonchev–Trinajstić information content (AvgIpc) is 3.49. The molecular formula is C25H29N3O3. The molecule has 2 aliphatic heterocycles. The van der Waals surface area contributed by atoms with Crippen LogP contribution in [0.15, 0.2) is 60.7 Å². The first kappa shape index (κ1) is 21.1. The van der Waals surface area contributed by atoms with Gasteiger partial charge in [-0.1, -0.05) is 48.5 Å². The molecule has 2 saturated heterocycles. The summed E-state index contributed by atoms with van der Waals surface area (Å²) >= 11 is 0. The van der Waals surface area contributed by atoms with E-state index in [0.717, 1.165) is 18.4 Å². The van der Waals surface area contributed by atoms with Gasteiger partial charge < -0.3 is 14.7 Å². The molecule has 0 N–H and O–H groups in total. The van der Waals surface area contributed by atoms with Crippen molar-refractivity contribution in [2.75, 3.05) is 20.1 Å². The van der Waals surface area contributed by atoms with Crippen molar-refractivity contribution < 1.29 is 14.4 Å². The van der Waals surface area contributed by atoms with E-state index in [-0.39, 0.29) is 17.7 Å². The molecule has 2 heterocycles. The Morgan fingerprint density at radius 2 is 1.42 bits per heavy atom. The van der Waals surface area contributed by atoms with E-state index in [1.807, 2.05) is 48.5 Å². The number of likely N-dealkylation sites (tertiary alicyclic amines) is 2. The highest BCUT2D eigenvalue weighted by atomic mass is 16.2. The van der Waals surface area contributed by atoms with Gasteiger partial charge in [0, 0.05) is 32.2 Å². The molecule has 2 atom stereocenters. The second-order valence-electron chi connectivity index (χ2n) is 8.39. The Hall–Kier alpha value is -3.15. The molecule has 0 aliphatic carbocycles. The van der Waals surface area contributed by atoms with Crippen LogP contribution in [0.25, 0.3) is 0 Å². The summed E-state index contributed by atoms with van der Waals surface area (Å²) in [5.74, 6) is -0.237. The Labute approximate surface area is 183 Å². The zero-order chi connectivity index (χ0) is 21.8. The van der Waals surface area contributed by atoms with Crippen LogP contribution in [-0.4, -0.2) is 64.6 Å². The lowest BCUT2D eigenvalue weighted by Crippen LogP contribution is -2.53. The predicted octanol–water partition coefficient (Wildman–Crippen LogP) is 2.94. The Kier molecular flexibility index (Phi) is 6.35. The normalized spacial score (nSPS) is 20.7. The summed E-state index contributed by atoms with van der Waals surface area (Å²) in [6.07, 6.45) is 2.92. The number of hydrogen-bond acceptors (Lipinski definition) is 3. The molecule has 0 aromatic heterocycles. The first-order valence-corrected chi connectivity index (χ1v) is 11.0. The highest BCUT2D eigenvalue weighted by Crippen LogP contribution is 2.27. The molecule has 2 aliphatic rings. The van der Waals surface area contributed by atoms with Gasteiger partial charge >= 0.3 is 0 Å². The number of amides is 3. The summed E-state index contributed by atoms with van der Waals surface area (Å²) in [6.45, 7) is 1.66. The van der Waals surface area contributed by atoms with E-state index in [9.17, 15) is 14.4 Å². The fraction of sp³-hybridized carbons (Fsp3) is 0.400. The zero-order valence-corrected chi connectivity index (χ0v) is 17.9. The summed E-state index contributed by atoms with van der Waals surface area (Å²) < 4.78 is 0. The van der Waals surface area contributed by atoms with E-state index in [2.05, 4.69) is 0 Å². The summed E-state index contributed by atoms with van der Waals surface area (Å²) in [5, 5.41) is 0. The molecular weight excluding hydrogens is 390 g/mol. The third-order valence-corrected chi connectivity index (χ3v) is 6.28. The maximum Gasteiger partial charge on any atom is 0.254 e. The number of nitrogens with zero attached hydrogens (tertiary/aromatic N) is 3. The lowest BCUT2D eigenvalue weighted by atomic mass is 10.1. The zero-order valence-electron chi connectivity index (χ0n) is 17.9. The van der Waals surface area contributed by atoms with Gasteiger partial charge in [-0.15, -0.1) is 0 Å². The molecule has 0 bridgehead atoms. The molecule has 6 heteroatoms. The van der Waals surface area contributed by atoms with Crippen molar-refractivity contribution in [2.45, 2.75) is 44.3 Å². The SMILES string of the molecule is CN(Cc1ccccc1)C(=O)[C@@H]1CCCN1C(=O)[C@@H]1CCCN1C(=O)c1ccccc1. The Morgan fingerprint density at radius 3 is 2.10 bits per heavy atom. The monoisotopic (exact) mass is 419 g/mol. The summed E-state index contributed by atoms with van der Waals surface area (Å²) in [4.78, 5) is 44.7. The topological polar surface area (TPSA) is 60.9 Å². The van der Waals surface area contributed by atoms with Crippen molar-refractivity contribution >= 4 is 17.7 Å². The van der Waals surface area contributed by atoms with Gasteiger partial charge in [0.15, 0.2) is 0 Å². The predicted molar refractivity (Wildman–Crippen MR) is 118 cm³/mol. The largest absolute Gasteiger partial charge is 0.340 e. The average molecular weight is 420 g/mol. The van der Waals surface area contributed by atoms with Crippen LogP contribution in [0.3, 0.4) is 0 Å². The quantitative estimate of drug-likeness (QED) is 0.749. The molecule has 6 nitrogen and oxygen atoms in total. The molecule has 162 valence electrons. The summed E-state index contributed by atoms with van der Waals surface area (Å²) in [5.41, 5.74) is 1.66. The van der Waals surface area contributed by atoms with Crippen LogP contribution in [-0.2, 0) is 16.1 Å². The molecule has 2 aromatic carbocycles. The van der Waals surface area contributed by atoms with Gasteiger partial charge in [-0.05, 0) is 43.4 Å². The third-order valence-electron chi connectivity index (χ3n) is 6.28. The van der Waals surface area contributed by atoms with Crippen LogP contribution in [0.4, 0.5) is 0 Å². The number of carbonyl (C=O) groups excluding carboxylic acids is 3. The van der Waals surface area contributed by atoms with E-state index in [0.29, 0.717) is 38.0 Å². The van der Waals surface area contributed by atoms with Crippen LogP contribution in [0.2, 0.25) is 0 Å². The van der Waals surface area contributed by atoms with E-state index in [1.165, 1.54) is 0 Å². The van der Waals surface area contributed by atoms with Gasteiger partial charge in [-0.25, -0.2) is 0 Å². The van der Waals surface area contributed by atoms with Crippen LogP contribution < -0.4 is 0 Å². The molecule has 0 spiro atoms. The highest BCUT2D eigenvalue weighted by Gasteiger charge is 2.42. The third kappa shape index (κ3) is 4.48. The molecule has 0 radical (unpaired) electrons. The standard InChI is InChI=1S/C25H29N3O3/c1-26(18-19-10-4-2-5-11-19)24(30)21-14-8-17-28(21)25(31)22-15-9-16-27(22)23(29)20-12-6-3-7-13-20/h2-7,10-13,21-22H,8-9,14-18H2,1H3/t21-,22-/m0/s1. The van der Waals surface area contributed by atoms with Gasteiger partial charge in [0.1, 0.15) is 12.1 Å². The van der Waals surface area contributed by atoms with E-state index in [1.54, 1.807) is 33.9 Å². The Morgan fingerprint density at radius 1 is 0.839 bits per heavy atom. The molecule has 4 rings (SSSR count). The van der Waals surface area contributed by atoms with Crippen LogP contribution >= 0.6 is 0 Å². The fourth-order valence-electron chi connectivity index (χ4n) is 4.68. The van der Waals surface area contributed by atoms with Gasteiger partial charge in [-0.2, -0.15) is 0 Å². The molecule has 0 unspecified atom stereocenters. The van der Waals surface area contributed by atoms with Crippen molar-refractivity contribution in [3.63, 3.8) is 0 Å². The minimum atomic E-state index is -0.486. The van der Waals surface area contributed by atoms with Crippen LogP contribution in [0, 0.1) is 0 Å². The van der Waals surface area contributed by atoms with Crippen LogP contribution in [0.1, 0.15) is 41.6 Å². The Balaban J connectivity index is 1.45. The lowest BCUT2D eigenvalue weighted by molar-refractivity contribution is -0.145. The second-order valence-corrected chi connectivity index (χ2v) is 8.39. The van der Waals surface area contributed by atoms with Gasteiger partial charge in [0.2, 0.25) is 11.8 Å². The van der Waals surface area contributed by atoms with Crippen LogP contribution in [0.5, 0.6) is 0 Å². The molecule has 31 heavy (non-hydrogen) atoms. The van der Waals surface area contributed by atoms with Crippen molar-refractivity contribution in [3.05, 3.63) is 71.8 Å². The molecule has 0 saturated carbocycles. The Bertz CT molecular complexity index is 932. The minimum Gasteiger partial charge on any atom is -0.340 e. The van der Waals surface area contributed by atoms with E-state index in [4.69, 9.17) is 0 Å². The summed E-state index contributed by atoms with van der Waals surface area (Å²) in [7, 11) is 1.79. The molecule has 2 fully saturated rings. The lowest BCUT2D eigenvalue weighted by Gasteiger charge is -2.32. The van der Waals surface area contributed by atoms with Gasteiger partial charge in [0.05, 0.1) is 0 Å². The minimum absolute atomic E-state index is 0.0337. The van der Waals surface area contributed by atoms with Crippen molar-refractivity contribution in [1.29, 1.82) is 0 Å². The van der Waals surface area contributed by atoms with E-state index < -0.39 is 12.1 Å². The van der Waals surface area contributed by atoms with Gasteiger partial charge in [-0.3, -0.25) is 14.4 Å². The number of carbonyl (C=O) groups is 3. The maximum absolute atomic E-state index is 13.5. The first-order valence-electron chi connectivity index (χ1n) is 11.0. The smallest absolute Gasteiger partial charge is 0.254 e. The molecule has 2 aromatic rings. The first-order chi connectivity index (χ1) is 15.1. The highest BCUT2D eigenvalue weighted by molar-refractivity contribution is 5.99. The summed E-state index contributed by atoms with van der Waals surface area (Å²) in [6, 6.07) is 18.0. The van der Waals surface area contributed by atoms with E-state index >= 15 is 0 Å².